The van der Waals surface area contributed by atoms with Crippen LogP contribution in [0.15, 0.2) is 0 Å². The zero-order chi connectivity index (χ0) is 5.98. The van der Waals surface area contributed by atoms with E-state index in [1.54, 1.807) is 0 Å². The van der Waals surface area contributed by atoms with Gasteiger partial charge in [-0.3, -0.25) is 10.1 Å². The molecule has 0 amide bonds. The Balaban J connectivity index is 2.42. The second-order valence-electron chi connectivity index (χ2n) is 1.77. The van der Waals surface area contributed by atoms with Crippen molar-refractivity contribution in [2.24, 2.45) is 0 Å². The van der Waals surface area contributed by atoms with E-state index >= 15 is 0 Å². The highest BCUT2D eigenvalue weighted by Crippen LogP contribution is 1.99. The van der Waals surface area contributed by atoms with Gasteiger partial charge in [-0.05, 0) is 6.42 Å². The van der Waals surface area contributed by atoms with Gasteiger partial charge in [0, 0.05) is 0 Å². The summed E-state index contributed by atoms with van der Waals surface area (Å²) in [6.45, 7) is 2.33. The Kier molecular flexibility index (Phi) is 1.48. The van der Waals surface area contributed by atoms with Gasteiger partial charge >= 0.3 is 5.97 Å². The molecule has 46 valence electrons. The molecule has 0 bridgehead atoms. The van der Waals surface area contributed by atoms with E-state index in [9.17, 15) is 4.79 Å². The molecular weight excluding hydrogens is 106 g/mol. The fourth-order valence-electron chi connectivity index (χ4n) is 0.708. The summed E-state index contributed by atoms with van der Waals surface area (Å²) in [5.41, 5.74) is 0. The number of carbonyl (C=O) groups is 1. The van der Waals surface area contributed by atoms with Crippen molar-refractivity contribution < 1.29 is 9.53 Å². The summed E-state index contributed by atoms with van der Waals surface area (Å²) in [5, 5.41) is 2.88. The molecule has 1 aliphatic heterocycles. The molecule has 0 saturated carbocycles. The van der Waals surface area contributed by atoms with E-state index in [0.717, 1.165) is 6.42 Å². The number of cyclic esters (lactones) is 1. The maximum atomic E-state index is 10.5. The first kappa shape index (κ1) is 5.56. The second kappa shape index (κ2) is 2.13. The van der Waals surface area contributed by atoms with Crippen molar-refractivity contribution >= 4 is 5.97 Å². The van der Waals surface area contributed by atoms with Crippen LogP contribution in [0.3, 0.4) is 0 Å². The number of nitrogens with one attached hydrogen (secondary N) is 1. The summed E-state index contributed by atoms with van der Waals surface area (Å²) in [5.74, 6) is -0.118. The van der Waals surface area contributed by atoms with Crippen LogP contribution in [0.25, 0.3) is 0 Å². The Morgan fingerprint density at radius 1 is 2.00 bits per heavy atom. The number of rotatable bonds is 1. The van der Waals surface area contributed by atoms with E-state index in [-0.39, 0.29) is 12.0 Å². The van der Waals surface area contributed by atoms with Crippen molar-refractivity contribution in [2.75, 3.05) is 6.73 Å². The summed E-state index contributed by atoms with van der Waals surface area (Å²) in [6.07, 6.45) is 0.818. The predicted molar refractivity (Wildman–Crippen MR) is 28.2 cm³/mol. The largest absolute Gasteiger partial charge is 0.449 e. The highest BCUT2D eigenvalue weighted by atomic mass is 16.6. The van der Waals surface area contributed by atoms with Gasteiger partial charge in [0.05, 0.1) is 0 Å². The van der Waals surface area contributed by atoms with Gasteiger partial charge in [0.15, 0.2) is 0 Å². The van der Waals surface area contributed by atoms with Crippen molar-refractivity contribution in [2.45, 2.75) is 19.4 Å². The van der Waals surface area contributed by atoms with Crippen molar-refractivity contribution in [3.63, 3.8) is 0 Å². The zero-order valence-electron chi connectivity index (χ0n) is 4.81. The summed E-state index contributed by atoms with van der Waals surface area (Å²) in [4.78, 5) is 10.5. The molecular formula is C5H9NO2. The van der Waals surface area contributed by atoms with E-state index in [2.05, 4.69) is 10.1 Å². The Hall–Kier alpha value is -0.570. The predicted octanol–water partition coefficient (Wildman–Crippen LogP) is -0.131. The van der Waals surface area contributed by atoms with Crippen molar-refractivity contribution in [1.29, 1.82) is 0 Å². The third-order valence-corrected chi connectivity index (χ3v) is 1.24. The molecule has 3 heteroatoms. The number of esters is 1. The Morgan fingerprint density at radius 2 is 2.75 bits per heavy atom. The van der Waals surface area contributed by atoms with Gasteiger partial charge in [-0.2, -0.15) is 0 Å². The SMILES string of the molecule is CC[C@@H]1NCOC1=O. The summed E-state index contributed by atoms with van der Waals surface area (Å²) in [6, 6.07) is -0.0463. The molecule has 1 saturated heterocycles. The average Bonchev–Trinajstić information content (AvgIpc) is 2.14. The van der Waals surface area contributed by atoms with Crippen LogP contribution in [0.1, 0.15) is 13.3 Å². The minimum Gasteiger partial charge on any atom is -0.449 e. The van der Waals surface area contributed by atoms with Crippen LogP contribution in [0.4, 0.5) is 0 Å². The molecule has 1 atom stereocenters. The summed E-state index contributed by atoms with van der Waals surface area (Å²) >= 11 is 0. The minimum absolute atomic E-state index is 0.0463. The van der Waals surface area contributed by atoms with Gasteiger partial charge in [0.25, 0.3) is 0 Å². The van der Waals surface area contributed by atoms with Crippen LogP contribution in [-0.2, 0) is 9.53 Å². The third kappa shape index (κ3) is 0.816. The monoisotopic (exact) mass is 115 g/mol. The molecule has 0 aliphatic carbocycles. The van der Waals surface area contributed by atoms with Gasteiger partial charge < -0.3 is 4.74 Å². The standard InChI is InChI=1S/C5H9NO2/c1-2-4-5(7)8-3-6-4/h4,6H,2-3H2,1H3/t4-/m0/s1. The molecule has 0 radical (unpaired) electrons. The summed E-state index contributed by atoms with van der Waals surface area (Å²) < 4.78 is 4.61. The average molecular weight is 115 g/mol. The van der Waals surface area contributed by atoms with Crippen molar-refractivity contribution in [1.82, 2.24) is 5.32 Å². The van der Waals surface area contributed by atoms with Crippen LogP contribution in [-0.4, -0.2) is 18.7 Å². The molecule has 3 nitrogen and oxygen atoms in total. The highest BCUT2D eigenvalue weighted by Gasteiger charge is 2.22. The third-order valence-electron chi connectivity index (χ3n) is 1.24. The first-order valence-electron chi connectivity index (χ1n) is 2.74. The van der Waals surface area contributed by atoms with E-state index in [4.69, 9.17) is 0 Å². The van der Waals surface area contributed by atoms with Gasteiger partial charge in [-0.15, -0.1) is 0 Å². The lowest BCUT2D eigenvalue weighted by Gasteiger charge is -1.96. The Bertz CT molecular complexity index is 103. The van der Waals surface area contributed by atoms with Gasteiger partial charge in [-0.25, -0.2) is 0 Å². The van der Waals surface area contributed by atoms with E-state index in [1.807, 2.05) is 6.92 Å². The normalized spacial score (nSPS) is 28.1. The maximum absolute atomic E-state index is 10.5. The van der Waals surface area contributed by atoms with Crippen molar-refractivity contribution in [3.8, 4) is 0 Å². The van der Waals surface area contributed by atoms with Crippen LogP contribution < -0.4 is 5.32 Å². The maximum Gasteiger partial charge on any atom is 0.324 e. The van der Waals surface area contributed by atoms with E-state index in [0.29, 0.717) is 6.73 Å². The second-order valence-corrected chi connectivity index (χ2v) is 1.77. The molecule has 1 N–H and O–H groups in total. The van der Waals surface area contributed by atoms with Crippen LogP contribution >= 0.6 is 0 Å². The van der Waals surface area contributed by atoms with Crippen LogP contribution in [0.5, 0.6) is 0 Å². The summed E-state index contributed by atoms with van der Waals surface area (Å²) in [7, 11) is 0. The van der Waals surface area contributed by atoms with E-state index in [1.165, 1.54) is 0 Å². The number of carbonyl (C=O) groups excluding carboxylic acids is 1. The molecule has 0 aromatic heterocycles. The fraction of sp³-hybridized carbons (Fsp3) is 0.800. The first-order chi connectivity index (χ1) is 3.84. The molecule has 1 rings (SSSR count). The Labute approximate surface area is 48.0 Å². The molecule has 0 spiro atoms. The topological polar surface area (TPSA) is 38.3 Å². The fourth-order valence-corrected chi connectivity index (χ4v) is 0.708. The van der Waals surface area contributed by atoms with Gasteiger partial charge in [0.2, 0.25) is 0 Å². The molecule has 1 fully saturated rings. The minimum atomic E-state index is -0.118. The van der Waals surface area contributed by atoms with Crippen LogP contribution in [0, 0.1) is 0 Å². The molecule has 0 unspecified atom stereocenters. The quantitative estimate of drug-likeness (QED) is 0.484. The van der Waals surface area contributed by atoms with Crippen LogP contribution in [0.2, 0.25) is 0 Å². The zero-order valence-corrected chi connectivity index (χ0v) is 4.81. The Morgan fingerprint density at radius 3 is 3.00 bits per heavy atom. The van der Waals surface area contributed by atoms with Gasteiger partial charge in [-0.1, -0.05) is 6.92 Å². The molecule has 0 aromatic carbocycles. The molecule has 1 aliphatic rings. The smallest absolute Gasteiger partial charge is 0.324 e. The lowest BCUT2D eigenvalue weighted by atomic mass is 10.2. The number of hydrogen-bond donors (Lipinski definition) is 1. The molecule has 8 heavy (non-hydrogen) atoms. The highest BCUT2D eigenvalue weighted by molar-refractivity contribution is 5.77. The lowest BCUT2D eigenvalue weighted by Crippen LogP contribution is -2.25. The number of ether oxygens (including phenoxy) is 1. The first-order valence-corrected chi connectivity index (χ1v) is 2.74. The lowest BCUT2D eigenvalue weighted by molar-refractivity contribution is -0.139. The molecule has 1 heterocycles. The number of hydrogen-bond acceptors (Lipinski definition) is 3. The van der Waals surface area contributed by atoms with E-state index < -0.39 is 0 Å². The molecule has 0 aromatic rings. The van der Waals surface area contributed by atoms with Crippen molar-refractivity contribution in [3.05, 3.63) is 0 Å². The van der Waals surface area contributed by atoms with Gasteiger partial charge in [0.1, 0.15) is 12.8 Å².